The number of thioether (sulfide) groups is 1. The van der Waals surface area contributed by atoms with E-state index in [1.807, 2.05) is 30.0 Å². The molecule has 0 spiro atoms. The third-order valence-electron chi connectivity index (χ3n) is 3.31. The van der Waals surface area contributed by atoms with Crippen molar-refractivity contribution in [2.24, 2.45) is 0 Å². The number of amides is 1. The van der Waals surface area contributed by atoms with Crippen LogP contribution >= 0.6 is 11.8 Å². The van der Waals surface area contributed by atoms with Gasteiger partial charge in [-0.2, -0.15) is 0 Å². The maximum Gasteiger partial charge on any atom is 0.233 e. The van der Waals surface area contributed by atoms with Crippen LogP contribution in [0.2, 0.25) is 0 Å². The Balaban J connectivity index is 2.20. The van der Waals surface area contributed by atoms with Gasteiger partial charge < -0.3 is 19.1 Å². The first-order valence-corrected chi connectivity index (χ1v) is 7.96. The molecule has 1 saturated heterocycles. The van der Waals surface area contributed by atoms with E-state index in [1.54, 1.807) is 26.0 Å². The van der Waals surface area contributed by atoms with E-state index in [9.17, 15) is 4.79 Å². The number of methoxy groups -OCH3 is 2. The lowest BCUT2D eigenvalue weighted by atomic mass is 10.1. The summed E-state index contributed by atoms with van der Waals surface area (Å²) in [7, 11) is 3.25. The number of carbonyl (C=O) groups excluding carboxylic acids is 1. The highest BCUT2D eigenvalue weighted by molar-refractivity contribution is 8.00. The highest BCUT2D eigenvalue weighted by Crippen LogP contribution is 2.40. The molecular weight excluding hydrogens is 290 g/mol. The maximum absolute atomic E-state index is 12.0. The lowest BCUT2D eigenvalue weighted by Crippen LogP contribution is -2.31. The number of hydrogen-bond acceptors (Lipinski definition) is 5. The smallest absolute Gasteiger partial charge is 0.233 e. The summed E-state index contributed by atoms with van der Waals surface area (Å²) in [5.41, 5.74) is 1.01. The van der Waals surface area contributed by atoms with E-state index in [0.717, 1.165) is 17.1 Å². The van der Waals surface area contributed by atoms with Gasteiger partial charge in [-0.1, -0.05) is 0 Å². The molecule has 0 radical (unpaired) electrons. The average molecular weight is 311 g/mol. The number of rotatable bonds is 7. The molecule has 1 aromatic rings. The Hall–Kier alpha value is -1.40. The molecule has 1 fully saturated rings. The molecular formula is C15H21NO4S. The molecule has 0 bridgehead atoms. The second-order valence-electron chi connectivity index (χ2n) is 4.59. The SMILES string of the molecule is CCOCCN1C(=O)CSC1c1cc(OC)cc(OC)c1. The van der Waals surface area contributed by atoms with Gasteiger partial charge in [0.05, 0.1) is 26.6 Å². The molecule has 2 rings (SSSR count). The molecule has 1 unspecified atom stereocenters. The van der Waals surface area contributed by atoms with Crippen molar-refractivity contribution in [2.45, 2.75) is 12.3 Å². The number of ether oxygens (including phenoxy) is 3. The quantitative estimate of drug-likeness (QED) is 0.723. The standard InChI is InChI=1S/C15H21NO4S/c1-4-20-6-5-16-14(17)10-21-15(16)11-7-12(18-2)9-13(8-11)19-3/h7-9,15H,4-6,10H2,1-3H3. The van der Waals surface area contributed by atoms with Gasteiger partial charge >= 0.3 is 0 Å². The van der Waals surface area contributed by atoms with Crippen LogP contribution < -0.4 is 9.47 Å². The summed E-state index contributed by atoms with van der Waals surface area (Å²) in [5, 5.41) is -0.0121. The fourth-order valence-electron chi connectivity index (χ4n) is 2.25. The van der Waals surface area contributed by atoms with Crippen LogP contribution in [0, 0.1) is 0 Å². The second kappa shape index (κ2) is 7.56. The van der Waals surface area contributed by atoms with Gasteiger partial charge in [0.1, 0.15) is 16.9 Å². The van der Waals surface area contributed by atoms with Crippen LogP contribution in [-0.2, 0) is 9.53 Å². The van der Waals surface area contributed by atoms with E-state index >= 15 is 0 Å². The molecule has 21 heavy (non-hydrogen) atoms. The molecule has 1 heterocycles. The molecule has 1 aromatic carbocycles. The van der Waals surface area contributed by atoms with Crippen molar-refractivity contribution in [1.82, 2.24) is 4.90 Å². The first kappa shape index (κ1) is 16.0. The molecule has 0 saturated carbocycles. The van der Waals surface area contributed by atoms with Crippen LogP contribution in [0.4, 0.5) is 0 Å². The summed E-state index contributed by atoms with van der Waals surface area (Å²) in [6.45, 7) is 3.77. The van der Waals surface area contributed by atoms with Gasteiger partial charge in [-0.15, -0.1) is 11.8 Å². The Morgan fingerprint density at radius 3 is 2.48 bits per heavy atom. The van der Waals surface area contributed by atoms with Gasteiger partial charge in [-0.25, -0.2) is 0 Å². The van der Waals surface area contributed by atoms with E-state index in [4.69, 9.17) is 14.2 Å². The lowest BCUT2D eigenvalue weighted by Gasteiger charge is -2.24. The van der Waals surface area contributed by atoms with E-state index in [0.29, 0.717) is 25.5 Å². The zero-order chi connectivity index (χ0) is 15.2. The third kappa shape index (κ3) is 3.83. The summed E-state index contributed by atoms with van der Waals surface area (Å²) in [6.07, 6.45) is 0. The van der Waals surface area contributed by atoms with E-state index in [1.165, 1.54) is 0 Å². The van der Waals surface area contributed by atoms with Crippen molar-refractivity contribution in [3.63, 3.8) is 0 Å². The minimum atomic E-state index is -0.0121. The summed E-state index contributed by atoms with van der Waals surface area (Å²) in [6, 6.07) is 5.73. The molecule has 1 amide bonds. The van der Waals surface area contributed by atoms with Crippen molar-refractivity contribution < 1.29 is 19.0 Å². The largest absolute Gasteiger partial charge is 0.497 e. The fraction of sp³-hybridized carbons (Fsp3) is 0.533. The number of carbonyl (C=O) groups is 1. The highest BCUT2D eigenvalue weighted by Gasteiger charge is 2.33. The predicted octanol–water partition coefficient (Wildman–Crippen LogP) is 2.31. The predicted molar refractivity (Wildman–Crippen MR) is 83.0 cm³/mol. The maximum atomic E-state index is 12.0. The van der Waals surface area contributed by atoms with Crippen LogP contribution in [0.3, 0.4) is 0 Å². The molecule has 0 aliphatic carbocycles. The van der Waals surface area contributed by atoms with E-state index < -0.39 is 0 Å². The molecule has 5 nitrogen and oxygen atoms in total. The molecule has 1 atom stereocenters. The van der Waals surface area contributed by atoms with Gasteiger partial charge in [0.25, 0.3) is 0 Å². The Bertz CT molecular complexity index is 472. The molecule has 0 aromatic heterocycles. The number of nitrogens with zero attached hydrogens (tertiary/aromatic N) is 1. The second-order valence-corrected chi connectivity index (χ2v) is 5.66. The summed E-state index contributed by atoms with van der Waals surface area (Å²) in [5.74, 6) is 2.10. The third-order valence-corrected chi connectivity index (χ3v) is 4.56. The Morgan fingerprint density at radius 1 is 1.24 bits per heavy atom. The van der Waals surface area contributed by atoms with E-state index in [2.05, 4.69) is 0 Å². The van der Waals surface area contributed by atoms with E-state index in [-0.39, 0.29) is 11.3 Å². The van der Waals surface area contributed by atoms with Gasteiger partial charge in [0, 0.05) is 19.2 Å². The molecule has 1 aliphatic heterocycles. The van der Waals surface area contributed by atoms with Crippen LogP contribution in [0.25, 0.3) is 0 Å². The monoisotopic (exact) mass is 311 g/mol. The van der Waals surface area contributed by atoms with Crippen LogP contribution in [0.15, 0.2) is 18.2 Å². The first-order chi connectivity index (χ1) is 10.2. The van der Waals surface area contributed by atoms with Gasteiger partial charge in [0.15, 0.2) is 0 Å². The van der Waals surface area contributed by atoms with Crippen molar-refractivity contribution in [3.8, 4) is 11.5 Å². The van der Waals surface area contributed by atoms with Crippen LogP contribution in [-0.4, -0.2) is 50.5 Å². The molecule has 6 heteroatoms. The minimum Gasteiger partial charge on any atom is -0.497 e. The van der Waals surface area contributed by atoms with Gasteiger partial charge in [0.2, 0.25) is 5.91 Å². The van der Waals surface area contributed by atoms with Crippen LogP contribution in [0.1, 0.15) is 17.9 Å². The topological polar surface area (TPSA) is 48.0 Å². The molecule has 0 N–H and O–H groups in total. The lowest BCUT2D eigenvalue weighted by molar-refractivity contribution is -0.128. The highest BCUT2D eigenvalue weighted by atomic mass is 32.2. The fourth-order valence-corrected chi connectivity index (χ4v) is 3.45. The first-order valence-electron chi connectivity index (χ1n) is 6.91. The van der Waals surface area contributed by atoms with Crippen molar-refractivity contribution in [2.75, 3.05) is 39.7 Å². The number of hydrogen-bond donors (Lipinski definition) is 0. The summed E-state index contributed by atoms with van der Waals surface area (Å²) in [4.78, 5) is 13.9. The summed E-state index contributed by atoms with van der Waals surface area (Å²) < 4.78 is 16.0. The van der Waals surface area contributed by atoms with Crippen LogP contribution in [0.5, 0.6) is 11.5 Å². The average Bonchev–Trinajstić information content (AvgIpc) is 2.88. The van der Waals surface area contributed by atoms with Crippen molar-refractivity contribution >= 4 is 17.7 Å². The minimum absolute atomic E-state index is 0.0121. The molecule has 1 aliphatic rings. The molecule has 116 valence electrons. The zero-order valence-electron chi connectivity index (χ0n) is 12.6. The zero-order valence-corrected chi connectivity index (χ0v) is 13.4. The van der Waals surface area contributed by atoms with Gasteiger partial charge in [-0.3, -0.25) is 4.79 Å². The van der Waals surface area contributed by atoms with Gasteiger partial charge in [-0.05, 0) is 24.6 Å². The van der Waals surface area contributed by atoms with Crippen molar-refractivity contribution in [3.05, 3.63) is 23.8 Å². The Kier molecular flexibility index (Phi) is 5.76. The Labute approximate surface area is 129 Å². The normalized spacial score (nSPS) is 18.1. The Morgan fingerprint density at radius 2 is 1.90 bits per heavy atom. The number of benzene rings is 1. The van der Waals surface area contributed by atoms with Crippen molar-refractivity contribution in [1.29, 1.82) is 0 Å². The summed E-state index contributed by atoms with van der Waals surface area (Å²) >= 11 is 1.62.